The third-order valence-corrected chi connectivity index (χ3v) is 5.35. The van der Waals surface area contributed by atoms with Gasteiger partial charge in [0.25, 0.3) is 0 Å². The molecule has 0 unspecified atom stereocenters. The van der Waals surface area contributed by atoms with Gasteiger partial charge >= 0.3 is 0 Å². The zero-order valence-corrected chi connectivity index (χ0v) is 14.0. The zero-order valence-electron chi connectivity index (χ0n) is 13.2. The second-order valence-corrected chi connectivity index (χ2v) is 6.85. The molecule has 1 aliphatic rings. The van der Waals surface area contributed by atoms with Crippen molar-refractivity contribution in [2.75, 3.05) is 6.54 Å². The number of aromatic nitrogens is 1. The first-order valence-electron chi connectivity index (χ1n) is 7.45. The normalized spacial score (nSPS) is 18.6. The molecule has 0 aliphatic carbocycles. The van der Waals surface area contributed by atoms with E-state index < -0.39 is 5.54 Å². The Morgan fingerprint density at radius 3 is 2.48 bits per heavy atom. The smallest absolute Gasteiger partial charge is 0.248 e. The Hall–Kier alpha value is -1.43. The van der Waals surface area contributed by atoms with Crippen LogP contribution in [0.3, 0.4) is 0 Å². The summed E-state index contributed by atoms with van der Waals surface area (Å²) in [5, 5.41) is 3.87. The Kier molecular flexibility index (Phi) is 4.66. The lowest BCUT2D eigenvalue weighted by atomic mass is 9.91. The van der Waals surface area contributed by atoms with Crippen LogP contribution in [0.2, 0.25) is 0 Å². The number of carbonyl (C=O) groups excluding carboxylic acids is 2. The number of hydrogen-bond acceptors (Lipinski definition) is 4. The summed E-state index contributed by atoms with van der Waals surface area (Å²) in [5.41, 5.74) is 0.262. The molecule has 1 aromatic rings. The maximum absolute atomic E-state index is 12.9. The van der Waals surface area contributed by atoms with Gasteiger partial charge in [-0.25, -0.2) is 4.98 Å². The second-order valence-electron chi connectivity index (χ2n) is 5.56. The van der Waals surface area contributed by atoms with Crippen molar-refractivity contribution >= 4 is 23.2 Å². The molecule has 2 heterocycles. The van der Waals surface area contributed by atoms with E-state index in [1.165, 1.54) is 4.88 Å². The summed E-state index contributed by atoms with van der Waals surface area (Å²) < 4.78 is 0. The fourth-order valence-electron chi connectivity index (χ4n) is 2.67. The van der Waals surface area contributed by atoms with Gasteiger partial charge in [0.05, 0.1) is 12.2 Å². The molecule has 1 N–H and O–H groups in total. The number of nitrogens with zero attached hydrogens (tertiary/aromatic N) is 2. The van der Waals surface area contributed by atoms with Crippen molar-refractivity contribution in [2.45, 2.75) is 59.0 Å². The van der Waals surface area contributed by atoms with E-state index in [2.05, 4.69) is 10.3 Å². The first-order chi connectivity index (χ1) is 9.91. The minimum absolute atomic E-state index is 0.0175. The Morgan fingerprint density at radius 2 is 1.95 bits per heavy atom. The predicted octanol–water partition coefficient (Wildman–Crippen LogP) is 2.17. The van der Waals surface area contributed by atoms with Crippen molar-refractivity contribution in [3.8, 4) is 0 Å². The average Bonchev–Trinajstić information content (AvgIpc) is 2.72. The van der Waals surface area contributed by atoms with Crippen LogP contribution >= 0.6 is 11.3 Å². The third-order valence-electron chi connectivity index (χ3n) is 4.29. The van der Waals surface area contributed by atoms with E-state index in [0.29, 0.717) is 32.4 Å². The summed E-state index contributed by atoms with van der Waals surface area (Å²) in [7, 11) is 0. The van der Waals surface area contributed by atoms with E-state index >= 15 is 0 Å². The minimum atomic E-state index is -0.755. The van der Waals surface area contributed by atoms with Crippen molar-refractivity contribution in [2.24, 2.45) is 0 Å². The van der Waals surface area contributed by atoms with Gasteiger partial charge in [0.15, 0.2) is 0 Å². The summed E-state index contributed by atoms with van der Waals surface area (Å²) in [6, 6.07) is 0. The molecule has 6 heteroatoms. The van der Waals surface area contributed by atoms with Gasteiger partial charge in [0.1, 0.15) is 10.5 Å². The van der Waals surface area contributed by atoms with Crippen LogP contribution in [0.1, 0.15) is 48.7 Å². The van der Waals surface area contributed by atoms with Gasteiger partial charge in [-0.05, 0) is 26.7 Å². The summed E-state index contributed by atoms with van der Waals surface area (Å²) in [5.74, 6) is -0.0232. The molecule has 0 aromatic carbocycles. The number of nitrogens with one attached hydrogen (secondary N) is 1. The first kappa shape index (κ1) is 15.9. The molecule has 0 radical (unpaired) electrons. The highest BCUT2D eigenvalue weighted by molar-refractivity contribution is 7.11. The lowest BCUT2D eigenvalue weighted by Crippen LogP contribution is -2.56. The molecule has 1 fully saturated rings. The molecule has 0 saturated carbocycles. The van der Waals surface area contributed by atoms with Crippen molar-refractivity contribution in [3.05, 3.63) is 15.6 Å². The largest absolute Gasteiger partial charge is 0.342 e. The molecule has 5 nitrogen and oxygen atoms in total. The minimum Gasteiger partial charge on any atom is -0.342 e. The van der Waals surface area contributed by atoms with Crippen LogP contribution < -0.4 is 5.32 Å². The van der Waals surface area contributed by atoms with Crippen LogP contribution in [0, 0.1) is 13.8 Å². The van der Waals surface area contributed by atoms with Gasteiger partial charge in [-0.1, -0.05) is 13.8 Å². The second kappa shape index (κ2) is 6.13. The monoisotopic (exact) mass is 309 g/mol. The number of amides is 2. The highest BCUT2D eigenvalue weighted by atomic mass is 32.1. The molecule has 21 heavy (non-hydrogen) atoms. The average molecular weight is 309 g/mol. The molecule has 0 atom stereocenters. The Labute approximate surface area is 129 Å². The molecule has 1 aromatic heterocycles. The molecule has 2 amide bonds. The lowest BCUT2D eigenvalue weighted by molar-refractivity contribution is -0.139. The molecular formula is C15H23N3O2S. The Balaban J connectivity index is 2.25. The highest BCUT2D eigenvalue weighted by Gasteiger charge is 2.41. The first-order valence-corrected chi connectivity index (χ1v) is 8.26. The van der Waals surface area contributed by atoms with Gasteiger partial charge in [0.2, 0.25) is 11.8 Å². The molecule has 1 aliphatic heterocycles. The Bertz CT molecular complexity index is 530. The van der Waals surface area contributed by atoms with E-state index in [0.717, 1.165) is 10.7 Å². The van der Waals surface area contributed by atoms with Crippen LogP contribution in [-0.2, 0) is 16.1 Å². The van der Waals surface area contributed by atoms with E-state index in [-0.39, 0.29) is 11.8 Å². The molecule has 1 saturated heterocycles. The molecular weight excluding hydrogens is 286 g/mol. The van der Waals surface area contributed by atoms with Crippen molar-refractivity contribution in [1.82, 2.24) is 15.2 Å². The zero-order chi connectivity index (χ0) is 15.6. The molecule has 116 valence electrons. The van der Waals surface area contributed by atoms with E-state index in [1.54, 1.807) is 16.2 Å². The van der Waals surface area contributed by atoms with Gasteiger partial charge in [0, 0.05) is 17.8 Å². The number of hydrogen-bond donors (Lipinski definition) is 1. The summed E-state index contributed by atoms with van der Waals surface area (Å²) in [6.07, 6.45) is 1.58. The lowest BCUT2D eigenvalue weighted by Gasteiger charge is -2.33. The quantitative estimate of drug-likeness (QED) is 0.927. The van der Waals surface area contributed by atoms with Gasteiger partial charge < -0.3 is 10.2 Å². The van der Waals surface area contributed by atoms with Crippen molar-refractivity contribution in [1.29, 1.82) is 0 Å². The maximum Gasteiger partial charge on any atom is 0.248 e. The number of rotatable bonds is 4. The molecule has 0 spiro atoms. The van der Waals surface area contributed by atoms with Gasteiger partial charge in [-0.15, -0.1) is 11.3 Å². The maximum atomic E-state index is 12.9. The number of carbonyl (C=O) groups is 2. The number of aryl methyl sites for hydroxylation is 2. The van der Waals surface area contributed by atoms with Crippen LogP contribution in [0.4, 0.5) is 0 Å². The van der Waals surface area contributed by atoms with Crippen LogP contribution in [-0.4, -0.2) is 33.8 Å². The molecule has 0 bridgehead atoms. The fourth-order valence-corrected chi connectivity index (χ4v) is 3.62. The van der Waals surface area contributed by atoms with Crippen LogP contribution in [0.5, 0.6) is 0 Å². The summed E-state index contributed by atoms with van der Waals surface area (Å²) in [6.45, 7) is 8.87. The Morgan fingerprint density at radius 1 is 1.29 bits per heavy atom. The van der Waals surface area contributed by atoms with E-state index in [1.807, 2.05) is 27.7 Å². The standard InChI is InChI=1S/C15H23N3O2S/c1-5-15(6-2)14(20)18(8-7-12(19)17-15)9-13-16-10(3)11(4)21-13/h5-9H2,1-4H3,(H,17,19). The van der Waals surface area contributed by atoms with Crippen molar-refractivity contribution < 1.29 is 9.59 Å². The van der Waals surface area contributed by atoms with Crippen LogP contribution in [0.25, 0.3) is 0 Å². The van der Waals surface area contributed by atoms with E-state index in [9.17, 15) is 9.59 Å². The predicted molar refractivity (Wildman–Crippen MR) is 83.1 cm³/mol. The third kappa shape index (κ3) is 3.10. The fraction of sp³-hybridized carbons (Fsp3) is 0.667. The summed E-state index contributed by atoms with van der Waals surface area (Å²) in [4.78, 5) is 32.2. The van der Waals surface area contributed by atoms with Crippen LogP contribution in [0.15, 0.2) is 0 Å². The van der Waals surface area contributed by atoms with E-state index in [4.69, 9.17) is 0 Å². The topological polar surface area (TPSA) is 62.3 Å². The highest BCUT2D eigenvalue weighted by Crippen LogP contribution is 2.25. The van der Waals surface area contributed by atoms with Gasteiger partial charge in [-0.3, -0.25) is 9.59 Å². The van der Waals surface area contributed by atoms with Crippen molar-refractivity contribution in [3.63, 3.8) is 0 Å². The molecule has 2 rings (SSSR count). The number of thiazole rings is 1. The summed E-state index contributed by atoms with van der Waals surface area (Å²) >= 11 is 1.62. The van der Waals surface area contributed by atoms with Gasteiger partial charge in [-0.2, -0.15) is 0 Å². The SMILES string of the molecule is CCC1(CC)NC(=O)CCN(Cc2nc(C)c(C)s2)C1=O.